The molecule has 0 N–H and O–H groups in total. The molecule has 0 amide bonds. The second-order valence-electron chi connectivity index (χ2n) is 12.7. The lowest BCUT2D eigenvalue weighted by molar-refractivity contribution is 0.607. The van der Waals surface area contributed by atoms with Gasteiger partial charge in [-0.1, -0.05) is 123 Å². The van der Waals surface area contributed by atoms with Crippen molar-refractivity contribution in [3.8, 4) is 22.3 Å². The van der Waals surface area contributed by atoms with Gasteiger partial charge in [0.2, 0.25) is 0 Å². The Balaban J connectivity index is 1.11. The molecule has 8 rings (SSSR count). The van der Waals surface area contributed by atoms with Gasteiger partial charge in [0.05, 0.1) is 0 Å². The Labute approximate surface area is 269 Å². The van der Waals surface area contributed by atoms with Gasteiger partial charge in [-0.25, -0.2) is 0 Å². The van der Waals surface area contributed by atoms with Gasteiger partial charge in [-0.2, -0.15) is 0 Å². The molecule has 0 radical (unpaired) electrons. The minimum atomic E-state index is 0.939. The number of fused-ring (bicyclic) bond motifs is 9. The Morgan fingerprint density at radius 3 is 1.82 bits per heavy atom. The maximum Gasteiger partial charge on any atom is 0.143 e. The molecule has 2 heterocycles. The topological polar surface area (TPSA) is 13.1 Å². The number of hydrogen-bond acceptors (Lipinski definition) is 2. The van der Waals surface area contributed by atoms with Crippen molar-refractivity contribution in [3.05, 3.63) is 120 Å². The van der Waals surface area contributed by atoms with Crippen LogP contribution in [0.2, 0.25) is 0 Å². The Hall–Kier alpha value is -4.40. The van der Waals surface area contributed by atoms with Crippen LogP contribution in [-0.4, -0.2) is 0 Å². The van der Waals surface area contributed by atoms with E-state index in [0.717, 1.165) is 11.2 Å². The first-order valence-electron chi connectivity index (χ1n) is 16.6. The third-order valence-corrected chi connectivity index (χ3v) is 10.8. The van der Waals surface area contributed by atoms with Crippen LogP contribution in [0.4, 0.5) is 0 Å². The van der Waals surface area contributed by atoms with E-state index in [-0.39, 0.29) is 0 Å². The van der Waals surface area contributed by atoms with Gasteiger partial charge in [0.25, 0.3) is 0 Å². The monoisotopic (exact) mass is 602 g/mol. The lowest BCUT2D eigenvalue weighted by atomic mass is 9.99. The van der Waals surface area contributed by atoms with Gasteiger partial charge in [0.15, 0.2) is 0 Å². The molecule has 0 spiro atoms. The van der Waals surface area contributed by atoms with E-state index in [9.17, 15) is 0 Å². The molecule has 1 nitrogen and oxygen atoms in total. The summed E-state index contributed by atoms with van der Waals surface area (Å²) in [7, 11) is 0. The summed E-state index contributed by atoms with van der Waals surface area (Å²) in [5, 5.41) is 7.44. The van der Waals surface area contributed by atoms with E-state index in [0.29, 0.717) is 0 Å². The first-order chi connectivity index (χ1) is 22.2. The van der Waals surface area contributed by atoms with Gasteiger partial charge in [-0.15, -0.1) is 11.3 Å². The van der Waals surface area contributed by atoms with Gasteiger partial charge >= 0.3 is 0 Å². The fourth-order valence-electron chi connectivity index (χ4n) is 6.95. The highest BCUT2D eigenvalue weighted by Gasteiger charge is 2.15. The third kappa shape index (κ3) is 5.22. The van der Waals surface area contributed by atoms with Gasteiger partial charge in [-0.05, 0) is 77.9 Å². The smallest absolute Gasteiger partial charge is 0.143 e. The number of aryl methyl sites for hydroxylation is 2. The molecule has 0 bridgehead atoms. The van der Waals surface area contributed by atoms with E-state index in [1.165, 1.54) is 120 Å². The van der Waals surface area contributed by atoms with Crippen molar-refractivity contribution in [1.29, 1.82) is 0 Å². The summed E-state index contributed by atoms with van der Waals surface area (Å²) in [6.07, 6.45) is 9.25. The number of rotatable bonds is 9. The summed E-state index contributed by atoms with van der Waals surface area (Å²) in [5.74, 6) is 0. The van der Waals surface area contributed by atoms with Gasteiger partial charge in [-0.3, -0.25) is 0 Å². The van der Waals surface area contributed by atoms with Crippen molar-refractivity contribution >= 4 is 64.2 Å². The highest BCUT2D eigenvalue weighted by Crippen LogP contribution is 2.43. The Bertz CT molecular complexity index is 2300. The van der Waals surface area contributed by atoms with Gasteiger partial charge in [0, 0.05) is 41.7 Å². The lowest BCUT2D eigenvalue weighted by Crippen LogP contribution is -1.87. The number of benzene rings is 6. The summed E-state index contributed by atoms with van der Waals surface area (Å²) < 4.78 is 9.27. The molecular formula is C43H38OS. The predicted octanol–water partition coefficient (Wildman–Crippen LogP) is 13.7. The van der Waals surface area contributed by atoms with E-state index in [1.807, 2.05) is 11.3 Å². The second-order valence-corrected chi connectivity index (χ2v) is 13.7. The normalized spacial score (nSPS) is 12.0. The van der Waals surface area contributed by atoms with E-state index in [2.05, 4.69) is 123 Å². The molecule has 0 saturated carbocycles. The van der Waals surface area contributed by atoms with Crippen LogP contribution >= 0.6 is 11.3 Å². The maximum absolute atomic E-state index is 6.61. The molecule has 0 aliphatic heterocycles. The van der Waals surface area contributed by atoms with Crippen LogP contribution < -0.4 is 0 Å². The molecule has 0 atom stereocenters. The minimum Gasteiger partial charge on any atom is -0.455 e. The minimum absolute atomic E-state index is 0.939. The molecule has 2 aromatic heterocycles. The number of unbranched alkanes of at least 4 members (excludes halogenated alkanes) is 5. The van der Waals surface area contributed by atoms with Gasteiger partial charge in [0.1, 0.15) is 11.2 Å². The molecule has 0 fully saturated rings. The summed E-state index contributed by atoms with van der Waals surface area (Å²) in [4.78, 5) is 0. The van der Waals surface area contributed by atoms with Crippen LogP contribution in [0.1, 0.15) is 56.6 Å². The maximum atomic E-state index is 6.61. The standard InChI is InChI=1S/C43H38OS/c1-3-4-5-6-7-8-9-29-12-16-31(17-13-29)33-19-21-35-38-24-23-37-39(43(38)45-41(35)27-33)25-22-36-34-20-18-32(26-40(34)44-42(36)37)30-14-10-28(2)11-15-30/h10-27H,3-9H2,1-2H3. The van der Waals surface area contributed by atoms with Crippen LogP contribution in [-0.2, 0) is 6.42 Å². The zero-order valence-corrected chi connectivity index (χ0v) is 27.0. The fourth-order valence-corrected chi connectivity index (χ4v) is 8.22. The highest BCUT2D eigenvalue weighted by atomic mass is 32.1. The van der Waals surface area contributed by atoms with Crippen molar-refractivity contribution in [2.45, 2.75) is 58.8 Å². The van der Waals surface area contributed by atoms with Crippen molar-refractivity contribution < 1.29 is 4.42 Å². The molecule has 222 valence electrons. The Morgan fingerprint density at radius 2 is 1.07 bits per heavy atom. The summed E-state index contributed by atoms with van der Waals surface area (Å²) in [6, 6.07) is 40.6. The van der Waals surface area contributed by atoms with E-state index >= 15 is 0 Å². The molecule has 2 heteroatoms. The average Bonchev–Trinajstić information content (AvgIpc) is 3.65. The SMILES string of the molecule is CCCCCCCCc1ccc(-c2ccc3c(c2)sc2c3ccc3c2ccc2c4ccc(-c5ccc(C)cc5)cc4oc23)cc1. The molecule has 45 heavy (non-hydrogen) atoms. The zero-order chi connectivity index (χ0) is 30.3. The molecule has 0 aliphatic carbocycles. The van der Waals surface area contributed by atoms with Crippen LogP contribution in [0.5, 0.6) is 0 Å². The first kappa shape index (κ1) is 28.1. The molecule has 8 aromatic rings. The van der Waals surface area contributed by atoms with E-state index in [4.69, 9.17) is 4.42 Å². The molecular weight excluding hydrogens is 565 g/mol. The van der Waals surface area contributed by atoms with Crippen LogP contribution in [0, 0.1) is 6.92 Å². The molecule has 6 aromatic carbocycles. The molecule has 0 saturated heterocycles. The number of thiophene rings is 1. The summed E-state index contributed by atoms with van der Waals surface area (Å²) in [5.41, 5.74) is 9.61. The van der Waals surface area contributed by atoms with Crippen molar-refractivity contribution in [2.24, 2.45) is 0 Å². The van der Waals surface area contributed by atoms with Gasteiger partial charge < -0.3 is 4.42 Å². The Morgan fingerprint density at radius 1 is 0.511 bits per heavy atom. The van der Waals surface area contributed by atoms with Crippen LogP contribution in [0.25, 0.3) is 75.1 Å². The van der Waals surface area contributed by atoms with E-state index < -0.39 is 0 Å². The Kier molecular flexibility index (Phi) is 7.39. The largest absolute Gasteiger partial charge is 0.455 e. The third-order valence-electron chi connectivity index (χ3n) is 9.56. The van der Waals surface area contributed by atoms with Crippen molar-refractivity contribution in [3.63, 3.8) is 0 Å². The molecule has 0 aliphatic rings. The lowest BCUT2D eigenvalue weighted by Gasteiger charge is -2.06. The number of hydrogen-bond donors (Lipinski definition) is 0. The summed E-state index contributed by atoms with van der Waals surface area (Å²) >= 11 is 1.90. The average molecular weight is 603 g/mol. The number of furan rings is 1. The van der Waals surface area contributed by atoms with Crippen LogP contribution in [0.15, 0.2) is 114 Å². The second kappa shape index (κ2) is 11.8. The summed E-state index contributed by atoms with van der Waals surface area (Å²) in [6.45, 7) is 4.41. The molecule has 0 unspecified atom stereocenters. The highest BCUT2D eigenvalue weighted by molar-refractivity contribution is 7.26. The van der Waals surface area contributed by atoms with Crippen LogP contribution in [0.3, 0.4) is 0 Å². The van der Waals surface area contributed by atoms with Crippen molar-refractivity contribution in [1.82, 2.24) is 0 Å². The fraction of sp³-hybridized carbons (Fsp3) is 0.209. The predicted molar refractivity (Wildman–Crippen MR) is 197 cm³/mol. The quantitative estimate of drug-likeness (QED) is 0.150. The van der Waals surface area contributed by atoms with Crippen molar-refractivity contribution in [2.75, 3.05) is 0 Å². The van der Waals surface area contributed by atoms with E-state index in [1.54, 1.807) is 0 Å². The first-order valence-corrected chi connectivity index (χ1v) is 17.4. The zero-order valence-electron chi connectivity index (χ0n) is 26.2.